The molecule has 51 heavy (non-hydrogen) atoms. The lowest BCUT2D eigenvalue weighted by Gasteiger charge is -2.41. The first kappa shape index (κ1) is 34.9. The monoisotopic (exact) mass is 713 g/mol. The Kier molecular flexibility index (Phi) is 9.28. The first-order valence-electron chi connectivity index (χ1n) is 17.5. The maximum Gasteiger partial charge on any atom is 0.309 e. The van der Waals surface area contributed by atoms with Crippen LogP contribution in [-0.2, 0) is 42.7 Å². The minimum Gasteiger partial charge on any atom is -0.481 e. The second-order valence-corrected chi connectivity index (χ2v) is 15.1. The van der Waals surface area contributed by atoms with Crippen LogP contribution in [0.15, 0.2) is 40.8 Å². The number of carboxylic acids is 1. The van der Waals surface area contributed by atoms with Gasteiger partial charge in [-0.15, -0.1) is 0 Å². The van der Waals surface area contributed by atoms with E-state index in [2.05, 4.69) is 10.2 Å². The van der Waals surface area contributed by atoms with Crippen LogP contribution < -0.4 is 5.32 Å². The number of likely N-dealkylation sites (N-methyl/N-ethyl adjacent to an activating group) is 1. The molecule has 268 valence electrons. The fourth-order valence-corrected chi connectivity index (χ4v) is 8.03. The molecule has 12 nitrogen and oxygen atoms in total. The van der Waals surface area contributed by atoms with Gasteiger partial charge < -0.3 is 29.2 Å². The van der Waals surface area contributed by atoms with E-state index in [0.717, 1.165) is 65.1 Å². The second-order valence-electron chi connectivity index (χ2n) is 14.7. The number of hydrogen-bond donors (Lipinski definition) is 2. The number of fused-ring (bicyclic) bond motifs is 2. The number of carbonyl (C=O) groups is 3. The number of carboxylic acid groups (broad SMARTS) is 1. The molecule has 0 radical (unpaired) electrons. The number of benzene rings is 2. The Morgan fingerprint density at radius 1 is 1.02 bits per heavy atom. The molecular weight excluding hydrogens is 670 g/mol. The number of imidazole rings is 1. The van der Waals surface area contributed by atoms with Crippen molar-refractivity contribution >= 4 is 35.1 Å². The standard InChI is InChI=1S/C38H44ClN7O5/c1-22-24(8-6-9-25(22)36-42-29-19-46(20-31(29)51-36)32(47)21-43(3)4)26-10-7-11-27(33(26)39)41-35(48)34-40-28-18-45(17-14-30(28)44(34)5)23-12-15-38(2,16-13-23)37(49)50/h6-11,23H,12-21H2,1-5H3,(H,41,48)(H,49,50). The van der Waals surface area contributed by atoms with Crippen LogP contribution in [-0.4, -0.2) is 85.4 Å². The van der Waals surface area contributed by atoms with Crippen molar-refractivity contribution in [2.75, 3.05) is 32.5 Å². The van der Waals surface area contributed by atoms with Crippen molar-refractivity contribution in [3.8, 4) is 22.6 Å². The molecule has 1 saturated carbocycles. The zero-order valence-corrected chi connectivity index (χ0v) is 30.5. The van der Waals surface area contributed by atoms with E-state index in [0.29, 0.717) is 73.2 Å². The number of carbonyl (C=O) groups excluding carboxylic acids is 2. The molecule has 0 spiro atoms. The number of aliphatic carboxylic acids is 1. The summed E-state index contributed by atoms with van der Waals surface area (Å²) in [6.07, 6.45) is 3.78. The molecule has 4 aromatic rings. The lowest BCUT2D eigenvalue weighted by atomic mass is 9.73. The van der Waals surface area contributed by atoms with Crippen molar-refractivity contribution in [2.45, 2.75) is 71.6 Å². The van der Waals surface area contributed by atoms with Gasteiger partial charge in [0.1, 0.15) is 11.5 Å². The minimum atomic E-state index is -0.714. The largest absolute Gasteiger partial charge is 0.481 e. The number of halogens is 1. The van der Waals surface area contributed by atoms with Crippen LogP contribution in [0.3, 0.4) is 0 Å². The molecule has 7 rings (SSSR count). The van der Waals surface area contributed by atoms with Crippen molar-refractivity contribution < 1.29 is 23.9 Å². The molecule has 4 heterocycles. The van der Waals surface area contributed by atoms with Gasteiger partial charge in [0.15, 0.2) is 5.82 Å². The molecule has 2 aromatic heterocycles. The van der Waals surface area contributed by atoms with E-state index < -0.39 is 11.4 Å². The molecule has 2 amide bonds. The third-order valence-electron chi connectivity index (χ3n) is 10.9. The molecule has 1 fully saturated rings. The zero-order chi connectivity index (χ0) is 36.2. The molecule has 13 heteroatoms. The fraction of sp³-hybridized carbons (Fsp3) is 0.447. The topological polar surface area (TPSA) is 137 Å². The van der Waals surface area contributed by atoms with E-state index in [9.17, 15) is 19.5 Å². The van der Waals surface area contributed by atoms with Crippen molar-refractivity contribution in [2.24, 2.45) is 12.5 Å². The summed E-state index contributed by atoms with van der Waals surface area (Å²) in [5, 5.41) is 13.1. The molecule has 2 aliphatic heterocycles. The van der Waals surface area contributed by atoms with E-state index >= 15 is 0 Å². The molecule has 0 unspecified atom stereocenters. The number of aromatic nitrogens is 3. The third-order valence-corrected chi connectivity index (χ3v) is 11.3. The summed E-state index contributed by atoms with van der Waals surface area (Å²) in [6, 6.07) is 11.8. The fourth-order valence-electron chi connectivity index (χ4n) is 7.76. The van der Waals surface area contributed by atoms with Crippen LogP contribution in [0.4, 0.5) is 5.69 Å². The maximum atomic E-state index is 13.7. The van der Waals surface area contributed by atoms with E-state index in [4.69, 9.17) is 26.0 Å². The number of anilines is 1. The van der Waals surface area contributed by atoms with Gasteiger partial charge in [0, 0.05) is 49.4 Å². The van der Waals surface area contributed by atoms with Crippen LogP contribution in [0.2, 0.25) is 5.02 Å². The lowest BCUT2D eigenvalue weighted by molar-refractivity contribution is -0.150. The van der Waals surface area contributed by atoms with Crippen LogP contribution in [0, 0.1) is 12.3 Å². The first-order valence-corrected chi connectivity index (χ1v) is 17.8. The van der Waals surface area contributed by atoms with Crippen LogP contribution >= 0.6 is 11.6 Å². The molecule has 1 aliphatic carbocycles. The van der Waals surface area contributed by atoms with Gasteiger partial charge in [0.05, 0.1) is 41.5 Å². The summed E-state index contributed by atoms with van der Waals surface area (Å²) in [4.78, 5) is 53.5. The highest BCUT2D eigenvalue weighted by Gasteiger charge is 2.40. The predicted octanol–water partition coefficient (Wildman–Crippen LogP) is 5.75. The summed E-state index contributed by atoms with van der Waals surface area (Å²) in [5.41, 5.74) is 5.92. The normalized spacial score (nSPS) is 20.4. The van der Waals surface area contributed by atoms with Gasteiger partial charge in [-0.25, -0.2) is 9.97 Å². The quantitative estimate of drug-likeness (QED) is 0.234. The van der Waals surface area contributed by atoms with Gasteiger partial charge in [-0.05, 0) is 76.9 Å². The molecule has 3 aliphatic rings. The summed E-state index contributed by atoms with van der Waals surface area (Å²) < 4.78 is 8.06. The number of oxazole rings is 1. The van der Waals surface area contributed by atoms with Gasteiger partial charge in [-0.1, -0.05) is 35.9 Å². The Bertz CT molecular complexity index is 2000. The Balaban J connectivity index is 1.06. The van der Waals surface area contributed by atoms with Crippen molar-refractivity contribution in [3.63, 3.8) is 0 Å². The lowest BCUT2D eigenvalue weighted by Crippen LogP contribution is -2.44. The van der Waals surface area contributed by atoms with E-state index in [1.165, 1.54) is 0 Å². The summed E-state index contributed by atoms with van der Waals surface area (Å²) >= 11 is 7.01. The Labute approximate surface area is 302 Å². The number of rotatable bonds is 8. The minimum absolute atomic E-state index is 0.0338. The van der Waals surface area contributed by atoms with Crippen molar-refractivity contribution in [3.05, 3.63) is 75.7 Å². The first-order chi connectivity index (χ1) is 24.3. The van der Waals surface area contributed by atoms with E-state index in [-0.39, 0.29) is 11.8 Å². The van der Waals surface area contributed by atoms with Crippen LogP contribution in [0.1, 0.15) is 71.6 Å². The van der Waals surface area contributed by atoms with E-state index in [1.54, 1.807) is 11.0 Å². The smallest absolute Gasteiger partial charge is 0.309 e. The molecule has 0 atom stereocenters. The van der Waals surface area contributed by atoms with Gasteiger partial charge in [0.25, 0.3) is 5.91 Å². The molecular formula is C38H44ClN7O5. The van der Waals surface area contributed by atoms with Gasteiger partial charge in [-0.3, -0.25) is 19.3 Å². The average molecular weight is 714 g/mol. The summed E-state index contributed by atoms with van der Waals surface area (Å²) in [7, 11) is 5.61. The maximum absolute atomic E-state index is 13.7. The molecule has 2 N–H and O–H groups in total. The van der Waals surface area contributed by atoms with E-state index in [1.807, 2.05) is 74.8 Å². The number of nitrogens with one attached hydrogen (secondary N) is 1. The average Bonchev–Trinajstić information content (AvgIpc) is 3.78. The summed E-state index contributed by atoms with van der Waals surface area (Å²) in [6.45, 7) is 6.47. The Hall–Kier alpha value is -4.52. The van der Waals surface area contributed by atoms with Crippen LogP contribution in [0.25, 0.3) is 22.6 Å². The highest BCUT2D eigenvalue weighted by atomic mass is 35.5. The molecule has 2 aromatic carbocycles. The van der Waals surface area contributed by atoms with Gasteiger partial charge in [0.2, 0.25) is 11.8 Å². The Morgan fingerprint density at radius 2 is 1.73 bits per heavy atom. The van der Waals surface area contributed by atoms with Crippen molar-refractivity contribution in [1.29, 1.82) is 0 Å². The highest BCUT2D eigenvalue weighted by Crippen LogP contribution is 2.41. The second kappa shape index (κ2) is 13.6. The number of amides is 2. The van der Waals surface area contributed by atoms with Crippen molar-refractivity contribution in [1.82, 2.24) is 29.2 Å². The Morgan fingerprint density at radius 3 is 2.43 bits per heavy atom. The zero-order valence-electron chi connectivity index (χ0n) is 29.8. The number of hydrogen-bond acceptors (Lipinski definition) is 8. The SMILES string of the molecule is Cc1c(-c2nc3c(o2)CN(C(=O)CN(C)C)C3)cccc1-c1cccc(NC(=O)c2nc3c(n2C)CCN(C2CCC(C)(C(=O)O)CC2)C3)c1Cl. The van der Waals surface area contributed by atoms with Gasteiger partial charge >= 0.3 is 5.97 Å². The predicted molar refractivity (Wildman–Crippen MR) is 193 cm³/mol. The van der Waals surface area contributed by atoms with Gasteiger partial charge in [-0.2, -0.15) is 0 Å². The number of nitrogens with zero attached hydrogens (tertiary/aromatic N) is 6. The van der Waals surface area contributed by atoms with Crippen LogP contribution in [0.5, 0.6) is 0 Å². The molecule has 0 saturated heterocycles. The summed E-state index contributed by atoms with van der Waals surface area (Å²) in [5.74, 6) is 0.498. The third kappa shape index (κ3) is 6.56. The molecule has 0 bridgehead atoms. The highest BCUT2D eigenvalue weighted by molar-refractivity contribution is 6.36.